The minimum Gasteiger partial charge on any atom is -0.300 e. The summed E-state index contributed by atoms with van der Waals surface area (Å²) in [6.07, 6.45) is 4.96. The Morgan fingerprint density at radius 1 is 1.13 bits per heavy atom. The Balaban J connectivity index is 0.000000492. The van der Waals surface area contributed by atoms with Crippen molar-refractivity contribution >= 4 is 17.2 Å². The maximum atomic E-state index is 13.5. The first-order valence-electron chi connectivity index (χ1n) is 11.4. The summed E-state index contributed by atoms with van der Waals surface area (Å²) in [6, 6.07) is 4.78. The van der Waals surface area contributed by atoms with Crippen LogP contribution in [0.5, 0.6) is 0 Å². The van der Waals surface area contributed by atoms with E-state index in [9.17, 15) is 9.18 Å². The summed E-state index contributed by atoms with van der Waals surface area (Å²) in [4.78, 5) is 15.3. The molecule has 1 aromatic rings. The Bertz CT molecular complexity index is 761. The number of nitriles is 1. The van der Waals surface area contributed by atoms with Crippen LogP contribution in [0.2, 0.25) is 0 Å². The van der Waals surface area contributed by atoms with Crippen molar-refractivity contribution in [3.8, 4) is 6.07 Å². The van der Waals surface area contributed by atoms with Crippen molar-refractivity contribution in [3.63, 3.8) is 0 Å². The van der Waals surface area contributed by atoms with E-state index >= 15 is 0 Å². The topological polar surface area (TPSA) is 53.2 Å². The van der Waals surface area contributed by atoms with Crippen molar-refractivity contribution in [2.75, 3.05) is 0 Å². The molecule has 1 aliphatic rings. The number of ketones is 1. The molecule has 0 N–H and O–H groups in total. The highest BCUT2D eigenvalue weighted by Crippen LogP contribution is 2.47. The van der Waals surface area contributed by atoms with E-state index in [1.165, 1.54) is 18.9 Å². The molecule has 0 aliphatic heterocycles. The lowest BCUT2D eigenvalue weighted by Gasteiger charge is -2.22. The molecule has 0 unspecified atom stereocenters. The van der Waals surface area contributed by atoms with Crippen molar-refractivity contribution in [1.29, 1.82) is 5.26 Å². The summed E-state index contributed by atoms with van der Waals surface area (Å²) in [5, 5.41) is 8.65. The second kappa shape index (κ2) is 12.7. The standard InChI is InChI=1S/C12H13FN2.C10H18O.C5H12/c1-4-9(3)15-12-8(2)5-10(7-14)6-11(12)13;1-4-9(11)7-10(2,3)8-5-6-8;1-5(2,3)4/h5-6H,4H2,1-3H3;8H,4-7H2,1-3H3;1-4H3. The Labute approximate surface area is 190 Å². The van der Waals surface area contributed by atoms with Crippen LogP contribution in [0.1, 0.15) is 106 Å². The second-order valence-corrected chi connectivity index (χ2v) is 10.8. The summed E-state index contributed by atoms with van der Waals surface area (Å²) < 4.78 is 13.5. The highest BCUT2D eigenvalue weighted by atomic mass is 19.1. The van der Waals surface area contributed by atoms with E-state index in [0.29, 0.717) is 34.4 Å². The number of aliphatic imine (C=N–C) groups is 1. The SMILES string of the molecule is CC(C)(C)C.CCC(=O)CC(C)(C)C1CC1.CCC(C)=Nc1c(C)cc(C#N)cc1F. The van der Waals surface area contributed by atoms with Crippen LogP contribution in [0, 0.1) is 40.8 Å². The van der Waals surface area contributed by atoms with Crippen LogP contribution in [0.4, 0.5) is 10.1 Å². The van der Waals surface area contributed by atoms with E-state index in [0.717, 1.165) is 24.5 Å². The number of nitrogens with zero attached hydrogens (tertiary/aromatic N) is 2. The maximum absolute atomic E-state index is 13.5. The summed E-state index contributed by atoms with van der Waals surface area (Å²) >= 11 is 0. The predicted octanol–water partition coefficient (Wildman–Crippen LogP) is 8.35. The molecular formula is C27H43FN2O. The molecule has 0 radical (unpaired) electrons. The average Bonchev–Trinajstić information content (AvgIpc) is 3.48. The van der Waals surface area contributed by atoms with Crippen LogP contribution in [0.25, 0.3) is 0 Å². The van der Waals surface area contributed by atoms with E-state index in [1.807, 2.05) is 26.8 Å². The third-order valence-corrected chi connectivity index (χ3v) is 4.93. The van der Waals surface area contributed by atoms with E-state index in [-0.39, 0.29) is 5.41 Å². The van der Waals surface area contributed by atoms with Crippen molar-refractivity contribution in [3.05, 3.63) is 29.1 Å². The van der Waals surface area contributed by atoms with Crippen molar-refractivity contribution < 1.29 is 9.18 Å². The molecule has 2 rings (SSSR count). The van der Waals surface area contributed by atoms with Crippen LogP contribution in [-0.2, 0) is 4.79 Å². The molecule has 0 atom stereocenters. The molecule has 174 valence electrons. The Kier molecular flexibility index (Phi) is 11.9. The van der Waals surface area contributed by atoms with Crippen molar-refractivity contribution in [1.82, 2.24) is 0 Å². The molecule has 0 aromatic heterocycles. The van der Waals surface area contributed by atoms with Gasteiger partial charge in [0.1, 0.15) is 17.3 Å². The fraction of sp³-hybridized carbons (Fsp3) is 0.667. The smallest absolute Gasteiger partial charge is 0.150 e. The van der Waals surface area contributed by atoms with Gasteiger partial charge in [-0.3, -0.25) is 9.79 Å². The predicted molar refractivity (Wildman–Crippen MR) is 130 cm³/mol. The number of hydrogen-bond donors (Lipinski definition) is 0. The highest BCUT2D eigenvalue weighted by molar-refractivity contribution is 5.84. The van der Waals surface area contributed by atoms with E-state index in [2.05, 4.69) is 46.5 Å². The molecule has 3 nitrogen and oxygen atoms in total. The Hall–Kier alpha value is -2.02. The number of rotatable bonds is 6. The minimum absolute atomic E-state index is 0.285. The van der Waals surface area contributed by atoms with Crippen LogP contribution < -0.4 is 0 Å². The minimum atomic E-state index is -0.431. The molecule has 31 heavy (non-hydrogen) atoms. The van der Waals surface area contributed by atoms with Gasteiger partial charge in [-0.15, -0.1) is 0 Å². The molecule has 4 heteroatoms. The van der Waals surface area contributed by atoms with Crippen molar-refractivity contribution in [2.45, 2.75) is 101 Å². The van der Waals surface area contributed by atoms with Gasteiger partial charge < -0.3 is 0 Å². The zero-order chi connectivity index (χ0) is 24.4. The lowest BCUT2D eigenvalue weighted by Crippen LogP contribution is -2.18. The molecule has 1 aromatic carbocycles. The number of aryl methyl sites for hydroxylation is 1. The van der Waals surface area contributed by atoms with Gasteiger partial charge >= 0.3 is 0 Å². The summed E-state index contributed by atoms with van der Waals surface area (Å²) in [6.45, 7) is 20.7. The summed E-state index contributed by atoms with van der Waals surface area (Å²) in [7, 11) is 0. The maximum Gasteiger partial charge on any atom is 0.150 e. The number of hydrogen-bond acceptors (Lipinski definition) is 3. The zero-order valence-electron chi connectivity index (χ0n) is 21.4. The molecule has 0 spiro atoms. The highest BCUT2D eigenvalue weighted by Gasteiger charge is 2.38. The number of Topliss-reactive ketones (excluding diaryl/α,β-unsaturated/α-hetero) is 1. The number of carbonyl (C=O) groups is 1. The van der Waals surface area contributed by atoms with Crippen LogP contribution in [-0.4, -0.2) is 11.5 Å². The normalized spacial score (nSPS) is 13.9. The van der Waals surface area contributed by atoms with Gasteiger partial charge in [0.25, 0.3) is 0 Å². The van der Waals surface area contributed by atoms with Crippen LogP contribution >= 0.6 is 0 Å². The molecule has 0 amide bonds. The van der Waals surface area contributed by atoms with Gasteiger partial charge in [-0.2, -0.15) is 5.26 Å². The quantitative estimate of drug-likeness (QED) is 0.426. The lowest BCUT2D eigenvalue weighted by molar-refractivity contribution is -0.120. The first-order valence-corrected chi connectivity index (χ1v) is 11.4. The molecular weight excluding hydrogens is 387 g/mol. The molecule has 0 heterocycles. The van der Waals surface area contributed by atoms with Gasteiger partial charge in [-0.05, 0) is 67.6 Å². The Morgan fingerprint density at radius 3 is 2.00 bits per heavy atom. The first kappa shape index (κ1) is 29.0. The molecule has 0 saturated heterocycles. The molecule has 1 saturated carbocycles. The first-order chi connectivity index (χ1) is 14.1. The van der Waals surface area contributed by atoms with Gasteiger partial charge in [0.2, 0.25) is 0 Å². The van der Waals surface area contributed by atoms with Gasteiger partial charge in [0.05, 0.1) is 11.6 Å². The van der Waals surface area contributed by atoms with E-state index in [1.54, 1.807) is 13.0 Å². The van der Waals surface area contributed by atoms with Gasteiger partial charge in [0, 0.05) is 18.6 Å². The number of carbonyl (C=O) groups excluding carboxylic acids is 1. The zero-order valence-corrected chi connectivity index (χ0v) is 21.4. The Morgan fingerprint density at radius 2 is 1.65 bits per heavy atom. The summed E-state index contributed by atoms with van der Waals surface area (Å²) in [5.74, 6) is 0.819. The fourth-order valence-electron chi connectivity index (χ4n) is 2.85. The van der Waals surface area contributed by atoms with Gasteiger partial charge in [-0.25, -0.2) is 4.39 Å². The molecule has 1 fully saturated rings. The third kappa shape index (κ3) is 13.1. The third-order valence-electron chi connectivity index (χ3n) is 4.93. The van der Waals surface area contributed by atoms with Crippen LogP contribution in [0.3, 0.4) is 0 Å². The van der Waals surface area contributed by atoms with E-state index < -0.39 is 5.82 Å². The molecule has 0 bridgehead atoms. The summed E-state index contributed by atoms with van der Waals surface area (Å²) in [5.41, 5.74) is 3.03. The van der Waals surface area contributed by atoms with Crippen molar-refractivity contribution in [2.24, 2.45) is 21.7 Å². The number of halogens is 1. The fourth-order valence-corrected chi connectivity index (χ4v) is 2.85. The monoisotopic (exact) mass is 430 g/mol. The largest absolute Gasteiger partial charge is 0.300 e. The van der Waals surface area contributed by atoms with E-state index in [4.69, 9.17) is 5.26 Å². The average molecular weight is 431 g/mol. The van der Waals surface area contributed by atoms with Gasteiger partial charge in [0.15, 0.2) is 0 Å². The lowest BCUT2D eigenvalue weighted by atomic mass is 9.82. The second-order valence-electron chi connectivity index (χ2n) is 10.8. The number of benzene rings is 1. The molecule has 1 aliphatic carbocycles. The van der Waals surface area contributed by atoms with Gasteiger partial charge in [-0.1, -0.05) is 55.4 Å². The van der Waals surface area contributed by atoms with Crippen LogP contribution in [0.15, 0.2) is 17.1 Å².